The van der Waals surface area contributed by atoms with Crippen molar-refractivity contribution in [1.29, 1.82) is 0 Å². The largest absolute Gasteiger partial charge is 0.360 e. The van der Waals surface area contributed by atoms with Crippen LogP contribution in [0.5, 0.6) is 0 Å². The van der Waals surface area contributed by atoms with Gasteiger partial charge < -0.3 is 15.2 Å². The van der Waals surface area contributed by atoms with Crippen LogP contribution in [-0.2, 0) is 9.59 Å². The molecule has 3 aromatic heterocycles. The fourth-order valence-corrected chi connectivity index (χ4v) is 2.82. The van der Waals surface area contributed by atoms with Crippen LogP contribution in [0.2, 0.25) is 0 Å². The van der Waals surface area contributed by atoms with E-state index < -0.39 is 5.25 Å². The lowest BCUT2D eigenvalue weighted by Gasteiger charge is -2.10. The molecule has 140 valence electrons. The second-order valence-electron chi connectivity index (χ2n) is 5.69. The fraction of sp³-hybridized carbons (Fsp3) is 0.235. The lowest BCUT2D eigenvalue weighted by molar-refractivity contribution is -0.115. The lowest BCUT2D eigenvalue weighted by Crippen LogP contribution is -2.25. The number of nitrogens with one attached hydrogen (secondary N) is 2. The lowest BCUT2D eigenvalue weighted by atomic mass is 10.4. The molecule has 0 aromatic carbocycles. The molecule has 1 atom stereocenters. The molecule has 0 radical (unpaired) electrons. The average molecular weight is 386 g/mol. The highest BCUT2D eigenvalue weighted by atomic mass is 32.2. The fourth-order valence-electron chi connectivity index (χ4n) is 2.13. The minimum Gasteiger partial charge on any atom is -0.360 e. The maximum Gasteiger partial charge on any atom is 0.238 e. The molecule has 3 rings (SSSR count). The zero-order valence-corrected chi connectivity index (χ0v) is 15.6. The number of carbonyl (C=O) groups excluding carboxylic acids is 2. The summed E-state index contributed by atoms with van der Waals surface area (Å²) in [5.41, 5.74) is 0.583. The number of hydrogen-bond donors (Lipinski definition) is 2. The van der Waals surface area contributed by atoms with Crippen LogP contribution in [0.4, 0.5) is 11.5 Å². The van der Waals surface area contributed by atoms with Crippen molar-refractivity contribution in [3.63, 3.8) is 0 Å². The summed E-state index contributed by atoms with van der Waals surface area (Å²) in [6, 6.07) is 5.16. The summed E-state index contributed by atoms with van der Waals surface area (Å²) in [7, 11) is 0. The second kappa shape index (κ2) is 8.49. The van der Waals surface area contributed by atoms with E-state index in [1.807, 2.05) is 0 Å². The third-order valence-electron chi connectivity index (χ3n) is 3.51. The number of carbonyl (C=O) groups is 2. The SMILES string of the molecule is Cc1cc(NC(=O)C(C)SCC(=O)Nc2ccc(-n3ccnc3)nc2)no1. The van der Waals surface area contributed by atoms with Crippen molar-refractivity contribution in [3.05, 3.63) is 48.9 Å². The van der Waals surface area contributed by atoms with E-state index >= 15 is 0 Å². The molecule has 10 heteroatoms. The Balaban J connectivity index is 1.45. The minimum atomic E-state index is -0.422. The topological polar surface area (TPSA) is 115 Å². The highest BCUT2D eigenvalue weighted by molar-refractivity contribution is 8.01. The van der Waals surface area contributed by atoms with Crippen molar-refractivity contribution in [2.45, 2.75) is 19.1 Å². The van der Waals surface area contributed by atoms with Gasteiger partial charge in [-0.3, -0.25) is 14.2 Å². The van der Waals surface area contributed by atoms with Gasteiger partial charge >= 0.3 is 0 Å². The number of amides is 2. The van der Waals surface area contributed by atoms with Crippen LogP contribution in [-0.4, -0.2) is 42.5 Å². The summed E-state index contributed by atoms with van der Waals surface area (Å²) < 4.78 is 6.66. The van der Waals surface area contributed by atoms with Crippen LogP contribution < -0.4 is 10.6 Å². The first-order valence-corrected chi connectivity index (χ1v) is 9.16. The molecule has 9 nitrogen and oxygen atoms in total. The Bertz CT molecular complexity index is 907. The van der Waals surface area contributed by atoms with E-state index in [0.29, 0.717) is 23.1 Å². The number of thioether (sulfide) groups is 1. The van der Waals surface area contributed by atoms with E-state index in [9.17, 15) is 9.59 Å². The number of aromatic nitrogens is 4. The summed E-state index contributed by atoms with van der Waals surface area (Å²) in [6.45, 7) is 3.46. The molecule has 0 aliphatic carbocycles. The van der Waals surface area contributed by atoms with Crippen LogP contribution in [0.15, 0.2) is 47.6 Å². The quantitative estimate of drug-likeness (QED) is 0.640. The Morgan fingerprint density at radius 1 is 1.33 bits per heavy atom. The molecule has 0 spiro atoms. The summed E-state index contributed by atoms with van der Waals surface area (Å²) in [5, 5.41) is 8.68. The number of imidazole rings is 1. The molecular weight excluding hydrogens is 368 g/mol. The van der Waals surface area contributed by atoms with E-state index in [0.717, 1.165) is 0 Å². The van der Waals surface area contributed by atoms with Crippen molar-refractivity contribution in [3.8, 4) is 5.82 Å². The summed E-state index contributed by atoms with van der Waals surface area (Å²) in [6.07, 6.45) is 6.66. The number of aryl methyl sites for hydroxylation is 1. The molecule has 3 heterocycles. The predicted octanol–water partition coefficient (Wildman–Crippen LogP) is 2.26. The normalized spacial score (nSPS) is 11.8. The molecule has 0 fully saturated rings. The van der Waals surface area contributed by atoms with Crippen LogP contribution in [0.1, 0.15) is 12.7 Å². The number of anilines is 2. The Morgan fingerprint density at radius 3 is 2.81 bits per heavy atom. The number of pyridine rings is 1. The van der Waals surface area contributed by atoms with Crippen molar-refractivity contribution in [2.75, 3.05) is 16.4 Å². The molecule has 1 unspecified atom stereocenters. The van der Waals surface area contributed by atoms with Gasteiger partial charge in [0, 0.05) is 18.5 Å². The Morgan fingerprint density at radius 2 is 2.19 bits per heavy atom. The molecule has 0 saturated heterocycles. The van der Waals surface area contributed by atoms with Gasteiger partial charge in [-0.15, -0.1) is 11.8 Å². The molecule has 27 heavy (non-hydrogen) atoms. The molecule has 0 aliphatic rings. The van der Waals surface area contributed by atoms with Gasteiger partial charge in [-0.2, -0.15) is 0 Å². The van der Waals surface area contributed by atoms with E-state index in [4.69, 9.17) is 4.52 Å². The highest BCUT2D eigenvalue weighted by Gasteiger charge is 2.17. The number of hydrogen-bond acceptors (Lipinski definition) is 7. The highest BCUT2D eigenvalue weighted by Crippen LogP contribution is 2.15. The van der Waals surface area contributed by atoms with Crippen molar-refractivity contribution in [2.24, 2.45) is 0 Å². The first-order valence-electron chi connectivity index (χ1n) is 8.11. The Kier molecular flexibility index (Phi) is 5.87. The van der Waals surface area contributed by atoms with Crippen molar-refractivity contribution < 1.29 is 14.1 Å². The third-order valence-corrected chi connectivity index (χ3v) is 4.66. The van der Waals surface area contributed by atoms with Gasteiger partial charge in [-0.05, 0) is 26.0 Å². The third kappa shape index (κ3) is 5.17. The van der Waals surface area contributed by atoms with Gasteiger partial charge in [-0.25, -0.2) is 9.97 Å². The van der Waals surface area contributed by atoms with Crippen molar-refractivity contribution >= 4 is 35.1 Å². The summed E-state index contributed by atoms with van der Waals surface area (Å²) >= 11 is 1.22. The number of rotatable bonds is 7. The first-order chi connectivity index (χ1) is 13.0. The first kappa shape index (κ1) is 18.6. The zero-order valence-electron chi connectivity index (χ0n) is 14.7. The van der Waals surface area contributed by atoms with Crippen molar-refractivity contribution in [1.82, 2.24) is 19.7 Å². The molecule has 0 aliphatic heterocycles. The molecular formula is C17H18N6O3S. The Hall–Kier alpha value is -3.14. The van der Waals surface area contributed by atoms with Gasteiger partial charge in [0.05, 0.1) is 22.9 Å². The van der Waals surface area contributed by atoms with E-state index in [1.165, 1.54) is 11.8 Å². The van der Waals surface area contributed by atoms with Gasteiger partial charge in [0.1, 0.15) is 17.9 Å². The minimum absolute atomic E-state index is 0.135. The van der Waals surface area contributed by atoms with E-state index in [2.05, 4.69) is 25.8 Å². The maximum absolute atomic E-state index is 12.1. The monoisotopic (exact) mass is 386 g/mol. The van der Waals surface area contributed by atoms with E-state index in [-0.39, 0.29) is 17.6 Å². The Labute approximate surface area is 159 Å². The van der Waals surface area contributed by atoms with Gasteiger partial charge in [-0.1, -0.05) is 5.16 Å². The second-order valence-corrected chi connectivity index (χ2v) is 7.02. The summed E-state index contributed by atoms with van der Waals surface area (Å²) in [4.78, 5) is 32.4. The molecule has 2 N–H and O–H groups in total. The van der Waals surface area contributed by atoms with Gasteiger partial charge in [0.15, 0.2) is 5.82 Å². The van der Waals surface area contributed by atoms with Gasteiger partial charge in [0.2, 0.25) is 11.8 Å². The number of nitrogens with zero attached hydrogens (tertiary/aromatic N) is 4. The van der Waals surface area contributed by atoms with Crippen LogP contribution in [0.3, 0.4) is 0 Å². The van der Waals surface area contributed by atoms with Crippen LogP contribution in [0.25, 0.3) is 5.82 Å². The summed E-state index contributed by atoms with van der Waals surface area (Å²) in [5.74, 6) is 1.35. The molecule has 0 saturated carbocycles. The molecule has 0 bridgehead atoms. The predicted molar refractivity (Wildman–Crippen MR) is 102 cm³/mol. The maximum atomic E-state index is 12.1. The smallest absolute Gasteiger partial charge is 0.238 e. The molecule has 2 amide bonds. The van der Waals surface area contributed by atoms with Crippen LogP contribution >= 0.6 is 11.8 Å². The van der Waals surface area contributed by atoms with Crippen LogP contribution in [0, 0.1) is 6.92 Å². The average Bonchev–Trinajstić information content (AvgIpc) is 3.32. The zero-order chi connectivity index (χ0) is 19.2. The van der Waals surface area contributed by atoms with Gasteiger partial charge in [0.25, 0.3) is 0 Å². The standard InChI is InChI=1S/C17H18N6O3S/c1-11-7-14(22-26-11)21-17(25)12(2)27-9-16(24)20-13-3-4-15(19-8-13)23-6-5-18-10-23/h3-8,10,12H,9H2,1-2H3,(H,20,24)(H,21,22,25). The van der Waals surface area contributed by atoms with E-state index in [1.54, 1.807) is 61.5 Å². The molecule has 3 aromatic rings.